The molecule has 0 amide bonds. The van der Waals surface area contributed by atoms with E-state index in [9.17, 15) is 0 Å². The molecule has 0 spiro atoms. The van der Waals surface area contributed by atoms with Crippen LogP contribution in [0.15, 0.2) is 10.7 Å². The fourth-order valence-corrected chi connectivity index (χ4v) is 3.52. The first-order valence-corrected chi connectivity index (χ1v) is 7.89. The molecule has 1 heterocycles. The Morgan fingerprint density at radius 2 is 2.11 bits per heavy atom. The normalized spacial score (nSPS) is 26.2. The lowest BCUT2D eigenvalue weighted by molar-refractivity contribution is 0.249. The van der Waals surface area contributed by atoms with Crippen LogP contribution in [0.4, 0.5) is 0 Å². The molecule has 3 nitrogen and oxygen atoms in total. The largest absolute Gasteiger partial charge is 0.322 e. The molecule has 1 atom stereocenters. The Bertz CT molecular complexity index is 380. The standard InChI is InChI=1S/C14H24BrN3/c1-3-8-18-14(12(15)9-17-18)13(16)11-6-4-10(2)5-7-11/h9-11,13H,3-8,16H2,1-2H3. The highest BCUT2D eigenvalue weighted by molar-refractivity contribution is 9.10. The van der Waals surface area contributed by atoms with E-state index in [1.54, 1.807) is 0 Å². The maximum Gasteiger partial charge on any atom is 0.0696 e. The van der Waals surface area contributed by atoms with Crippen LogP contribution < -0.4 is 5.73 Å². The molecule has 1 saturated carbocycles. The summed E-state index contributed by atoms with van der Waals surface area (Å²) in [5.74, 6) is 1.49. The van der Waals surface area contributed by atoms with Gasteiger partial charge < -0.3 is 5.73 Å². The average Bonchev–Trinajstić information content (AvgIpc) is 2.71. The summed E-state index contributed by atoms with van der Waals surface area (Å²) in [7, 11) is 0. The summed E-state index contributed by atoms with van der Waals surface area (Å²) in [6.45, 7) is 5.48. The van der Waals surface area contributed by atoms with Crippen molar-refractivity contribution in [1.29, 1.82) is 0 Å². The van der Waals surface area contributed by atoms with Crippen LogP contribution in [0.25, 0.3) is 0 Å². The van der Waals surface area contributed by atoms with Gasteiger partial charge in [-0.15, -0.1) is 0 Å². The first-order chi connectivity index (χ1) is 8.63. The van der Waals surface area contributed by atoms with Gasteiger partial charge >= 0.3 is 0 Å². The smallest absolute Gasteiger partial charge is 0.0696 e. The number of aryl methyl sites for hydroxylation is 1. The number of rotatable bonds is 4. The molecule has 2 rings (SSSR count). The second-order valence-corrected chi connectivity index (χ2v) is 6.50. The Morgan fingerprint density at radius 3 is 2.72 bits per heavy atom. The fourth-order valence-electron chi connectivity index (χ4n) is 2.96. The van der Waals surface area contributed by atoms with Gasteiger partial charge in [0.25, 0.3) is 0 Å². The van der Waals surface area contributed by atoms with Crippen molar-refractivity contribution in [2.45, 2.75) is 58.5 Å². The minimum Gasteiger partial charge on any atom is -0.322 e. The maximum absolute atomic E-state index is 6.50. The van der Waals surface area contributed by atoms with Crippen LogP contribution in [0.2, 0.25) is 0 Å². The predicted molar refractivity (Wildman–Crippen MR) is 78.3 cm³/mol. The number of nitrogens with two attached hydrogens (primary N) is 1. The third kappa shape index (κ3) is 2.97. The Kier molecular flexibility index (Phi) is 4.84. The number of aromatic nitrogens is 2. The summed E-state index contributed by atoms with van der Waals surface area (Å²) in [6, 6.07) is 0.126. The number of halogens is 1. The van der Waals surface area contributed by atoms with Crippen molar-refractivity contribution in [1.82, 2.24) is 9.78 Å². The van der Waals surface area contributed by atoms with Gasteiger partial charge in [0.15, 0.2) is 0 Å². The molecular formula is C14H24BrN3. The summed E-state index contributed by atoms with van der Waals surface area (Å²) in [4.78, 5) is 0. The molecule has 1 aromatic heterocycles. The summed E-state index contributed by atoms with van der Waals surface area (Å²) in [5.41, 5.74) is 7.69. The Morgan fingerprint density at radius 1 is 1.44 bits per heavy atom. The van der Waals surface area contributed by atoms with E-state index in [2.05, 4.69) is 39.6 Å². The van der Waals surface area contributed by atoms with Gasteiger partial charge in [-0.3, -0.25) is 4.68 Å². The molecule has 0 aliphatic heterocycles. The quantitative estimate of drug-likeness (QED) is 0.916. The van der Waals surface area contributed by atoms with Crippen LogP contribution in [0.5, 0.6) is 0 Å². The van der Waals surface area contributed by atoms with Gasteiger partial charge in [0, 0.05) is 6.54 Å². The molecular weight excluding hydrogens is 290 g/mol. The molecule has 2 N–H and O–H groups in total. The van der Waals surface area contributed by atoms with Gasteiger partial charge in [0.2, 0.25) is 0 Å². The Hall–Kier alpha value is -0.350. The van der Waals surface area contributed by atoms with E-state index < -0.39 is 0 Å². The summed E-state index contributed by atoms with van der Waals surface area (Å²) < 4.78 is 3.15. The topological polar surface area (TPSA) is 43.8 Å². The van der Waals surface area contributed by atoms with Crippen molar-refractivity contribution < 1.29 is 0 Å². The lowest BCUT2D eigenvalue weighted by Gasteiger charge is -2.31. The van der Waals surface area contributed by atoms with Crippen molar-refractivity contribution in [3.8, 4) is 0 Å². The Labute approximate surface area is 118 Å². The molecule has 0 aromatic carbocycles. The molecule has 1 fully saturated rings. The first kappa shape index (κ1) is 14.1. The number of hydrogen-bond acceptors (Lipinski definition) is 2. The van der Waals surface area contributed by atoms with Crippen LogP contribution in [0, 0.1) is 11.8 Å². The molecule has 18 heavy (non-hydrogen) atoms. The van der Waals surface area contributed by atoms with Gasteiger partial charge in [-0.2, -0.15) is 5.10 Å². The zero-order valence-electron chi connectivity index (χ0n) is 11.4. The van der Waals surface area contributed by atoms with Crippen LogP contribution in [-0.4, -0.2) is 9.78 Å². The van der Waals surface area contributed by atoms with Crippen molar-refractivity contribution in [2.24, 2.45) is 17.6 Å². The van der Waals surface area contributed by atoms with Crippen LogP contribution >= 0.6 is 15.9 Å². The van der Waals surface area contributed by atoms with E-state index in [1.807, 2.05) is 6.20 Å². The van der Waals surface area contributed by atoms with Crippen molar-refractivity contribution >= 4 is 15.9 Å². The zero-order valence-corrected chi connectivity index (χ0v) is 13.0. The zero-order chi connectivity index (χ0) is 13.1. The summed E-state index contributed by atoms with van der Waals surface area (Å²) in [5, 5.41) is 4.43. The lowest BCUT2D eigenvalue weighted by Crippen LogP contribution is -2.28. The molecule has 0 saturated heterocycles. The molecule has 102 valence electrons. The highest BCUT2D eigenvalue weighted by atomic mass is 79.9. The molecule has 1 aromatic rings. The van der Waals surface area contributed by atoms with E-state index in [-0.39, 0.29) is 6.04 Å². The van der Waals surface area contributed by atoms with Gasteiger partial charge in [-0.05, 0) is 47.0 Å². The van der Waals surface area contributed by atoms with E-state index in [4.69, 9.17) is 5.73 Å². The molecule has 1 unspecified atom stereocenters. The highest BCUT2D eigenvalue weighted by Gasteiger charge is 2.28. The number of hydrogen-bond donors (Lipinski definition) is 1. The molecule has 1 aliphatic rings. The predicted octanol–water partition coefficient (Wildman–Crippen LogP) is 3.88. The average molecular weight is 314 g/mol. The second-order valence-electron chi connectivity index (χ2n) is 5.65. The molecule has 0 bridgehead atoms. The van der Waals surface area contributed by atoms with Crippen molar-refractivity contribution in [3.05, 3.63) is 16.4 Å². The minimum atomic E-state index is 0.126. The fraction of sp³-hybridized carbons (Fsp3) is 0.786. The van der Waals surface area contributed by atoms with Gasteiger partial charge in [-0.25, -0.2) is 0 Å². The third-order valence-electron chi connectivity index (χ3n) is 4.15. The van der Waals surface area contributed by atoms with Gasteiger partial charge in [0.1, 0.15) is 0 Å². The van der Waals surface area contributed by atoms with Crippen LogP contribution in [0.3, 0.4) is 0 Å². The van der Waals surface area contributed by atoms with Gasteiger partial charge in [-0.1, -0.05) is 26.7 Å². The first-order valence-electron chi connectivity index (χ1n) is 7.10. The van der Waals surface area contributed by atoms with Gasteiger partial charge in [0.05, 0.1) is 22.4 Å². The van der Waals surface area contributed by atoms with Crippen LogP contribution in [0.1, 0.15) is 57.7 Å². The number of nitrogens with zero attached hydrogens (tertiary/aromatic N) is 2. The van der Waals surface area contributed by atoms with Crippen molar-refractivity contribution in [3.63, 3.8) is 0 Å². The SMILES string of the molecule is CCCn1ncc(Br)c1C(N)C1CCC(C)CC1. The maximum atomic E-state index is 6.50. The minimum absolute atomic E-state index is 0.126. The van der Waals surface area contributed by atoms with Crippen molar-refractivity contribution in [2.75, 3.05) is 0 Å². The molecule has 0 radical (unpaired) electrons. The van der Waals surface area contributed by atoms with E-state index in [1.165, 1.54) is 31.4 Å². The monoisotopic (exact) mass is 313 g/mol. The highest BCUT2D eigenvalue weighted by Crippen LogP contribution is 2.37. The molecule has 4 heteroatoms. The molecule has 1 aliphatic carbocycles. The summed E-state index contributed by atoms with van der Waals surface area (Å²) >= 11 is 3.60. The second kappa shape index (κ2) is 6.20. The van der Waals surface area contributed by atoms with E-state index in [0.717, 1.165) is 23.4 Å². The van der Waals surface area contributed by atoms with E-state index >= 15 is 0 Å². The van der Waals surface area contributed by atoms with E-state index in [0.29, 0.717) is 5.92 Å². The third-order valence-corrected chi connectivity index (χ3v) is 4.76. The Balaban J connectivity index is 2.12. The van der Waals surface area contributed by atoms with Crippen LogP contribution in [-0.2, 0) is 6.54 Å². The lowest BCUT2D eigenvalue weighted by atomic mass is 9.78. The summed E-state index contributed by atoms with van der Waals surface area (Å²) in [6.07, 6.45) is 8.12.